The number of aliphatic carboxylic acids is 1. The van der Waals surface area contributed by atoms with Gasteiger partial charge in [-0.15, -0.1) is 0 Å². The van der Waals surface area contributed by atoms with E-state index in [1.54, 1.807) is 6.92 Å². The monoisotopic (exact) mass is 388 g/mol. The number of hydrogen-bond donors (Lipinski definition) is 3. The largest absolute Gasteiger partial charge is 0.481 e. The van der Waals surface area contributed by atoms with Gasteiger partial charge >= 0.3 is 5.97 Å². The molecule has 1 saturated heterocycles. The summed E-state index contributed by atoms with van der Waals surface area (Å²) < 4.78 is 11.1. The van der Waals surface area contributed by atoms with Gasteiger partial charge in [-0.3, -0.25) is 4.79 Å². The zero-order valence-electron chi connectivity index (χ0n) is 17.0. The molecule has 0 aromatic heterocycles. The molecule has 27 heavy (non-hydrogen) atoms. The smallest absolute Gasteiger partial charge is 0.303 e. The van der Waals surface area contributed by atoms with Crippen LogP contribution in [0, 0.1) is 0 Å². The predicted molar refractivity (Wildman–Crippen MR) is 105 cm³/mol. The first-order valence-corrected chi connectivity index (χ1v) is 10.9. The van der Waals surface area contributed by atoms with E-state index in [0.29, 0.717) is 19.4 Å². The van der Waals surface area contributed by atoms with Crippen LogP contribution >= 0.6 is 0 Å². The quantitative estimate of drug-likeness (QED) is 0.346. The van der Waals surface area contributed by atoms with Crippen LogP contribution in [-0.2, 0) is 14.3 Å². The zero-order chi connectivity index (χ0) is 19.9. The van der Waals surface area contributed by atoms with Crippen molar-refractivity contribution in [3.05, 3.63) is 0 Å². The molecule has 6 heteroatoms. The average molecular weight is 389 g/mol. The van der Waals surface area contributed by atoms with Gasteiger partial charge in [0, 0.05) is 19.4 Å². The summed E-state index contributed by atoms with van der Waals surface area (Å²) in [6.45, 7) is 2.39. The first-order valence-electron chi connectivity index (χ1n) is 10.9. The molecule has 0 aromatic rings. The van der Waals surface area contributed by atoms with Crippen molar-refractivity contribution >= 4 is 5.97 Å². The summed E-state index contributed by atoms with van der Waals surface area (Å²) in [5.74, 6) is -0.684. The zero-order valence-corrected chi connectivity index (χ0v) is 17.0. The Morgan fingerprint density at radius 2 is 1.33 bits per heavy atom. The fraction of sp³-hybridized carbons (Fsp3) is 0.952. The van der Waals surface area contributed by atoms with Crippen molar-refractivity contribution in [2.75, 3.05) is 6.61 Å². The first kappa shape index (κ1) is 24.3. The summed E-state index contributed by atoms with van der Waals surface area (Å²) in [4.78, 5) is 10.4. The number of carboxylic acids is 1. The van der Waals surface area contributed by atoms with Gasteiger partial charge in [-0.25, -0.2) is 0 Å². The second-order valence-corrected chi connectivity index (χ2v) is 7.84. The molecule has 1 aliphatic heterocycles. The summed E-state index contributed by atoms with van der Waals surface area (Å²) >= 11 is 0. The highest BCUT2D eigenvalue weighted by atomic mass is 16.7. The predicted octanol–water partition coefficient (Wildman–Crippen LogP) is 4.02. The van der Waals surface area contributed by atoms with Gasteiger partial charge in [0.15, 0.2) is 6.29 Å². The number of unbranched alkanes of at least 4 members (excludes halogenated alkanes) is 11. The van der Waals surface area contributed by atoms with Crippen molar-refractivity contribution < 1.29 is 29.6 Å². The molecule has 0 saturated carbocycles. The molecule has 0 aromatic carbocycles. The summed E-state index contributed by atoms with van der Waals surface area (Å²) in [5.41, 5.74) is 0. The fourth-order valence-electron chi connectivity index (χ4n) is 3.44. The third kappa shape index (κ3) is 12.4. The van der Waals surface area contributed by atoms with E-state index >= 15 is 0 Å². The molecule has 160 valence electrons. The molecule has 4 atom stereocenters. The molecular formula is C21H40O6. The molecule has 0 amide bonds. The lowest BCUT2D eigenvalue weighted by atomic mass is 10.0. The second kappa shape index (κ2) is 15.3. The lowest BCUT2D eigenvalue weighted by Crippen LogP contribution is -2.47. The first-order chi connectivity index (χ1) is 13.0. The summed E-state index contributed by atoms with van der Waals surface area (Å²) in [6, 6.07) is 0. The van der Waals surface area contributed by atoms with Gasteiger partial charge in [0.1, 0.15) is 6.10 Å². The van der Waals surface area contributed by atoms with E-state index < -0.39 is 24.5 Å². The van der Waals surface area contributed by atoms with Gasteiger partial charge in [0.05, 0.1) is 12.2 Å². The number of ether oxygens (including phenoxy) is 2. The van der Waals surface area contributed by atoms with E-state index in [9.17, 15) is 15.0 Å². The van der Waals surface area contributed by atoms with E-state index in [2.05, 4.69) is 0 Å². The highest BCUT2D eigenvalue weighted by Crippen LogP contribution is 2.21. The summed E-state index contributed by atoms with van der Waals surface area (Å²) in [6.07, 6.45) is 12.3. The topological polar surface area (TPSA) is 96.2 Å². The molecule has 4 unspecified atom stereocenters. The molecular weight excluding hydrogens is 348 g/mol. The molecule has 1 aliphatic rings. The minimum Gasteiger partial charge on any atom is -0.481 e. The highest BCUT2D eigenvalue weighted by molar-refractivity contribution is 5.66. The summed E-state index contributed by atoms with van der Waals surface area (Å²) in [5, 5.41) is 28.0. The van der Waals surface area contributed by atoms with Crippen molar-refractivity contribution in [2.45, 2.75) is 121 Å². The van der Waals surface area contributed by atoms with E-state index in [1.807, 2.05) is 0 Å². The van der Waals surface area contributed by atoms with Crippen LogP contribution in [0.15, 0.2) is 0 Å². The number of rotatable bonds is 16. The third-order valence-corrected chi connectivity index (χ3v) is 5.25. The van der Waals surface area contributed by atoms with Crippen LogP contribution in [0.4, 0.5) is 0 Å². The Morgan fingerprint density at radius 1 is 0.852 bits per heavy atom. The molecule has 3 N–H and O–H groups in total. The maximum Gasteiger partial charge on any atom is 0.303 e. The van der Waals surface area contributed by atoms with Gasteiger partial charge in [-0.05, 0) is 19.8 Å². The van der Waals surface area contributed by atoms with Gasteiger partial charge in [0.2, 0.25) is 0 Å². The van der Waals surface area contributed by atoms with Crippen LogP contribution < -0.4 is 0 Å². The van der Waals surface area contributed by atoms with Crippen molar-refractivity contribution in [3.8, 4) is 0 Å². The molecule has 1 rings (SSSR count). The maximum absolute atomic E-state index is 10.4. The Bertz CT molecular complexity index is 376. The second-order valence-electron chi connectivity index (χ2n) is 7.84. The molecule has 0 radical (unpaired) electrons. The minimum absolute atomic E-state index is 0.289. The number of carbonyl (C=O) groups is 1. The van der Waals surface area contributed by atoms with E-state index in [0.717, 1.165) is 32.1 Å². The third-order valence-electron chi connectivity index (χ3n) is 5.25. The lowest BCUT2D eigenvalue weighted by Gasteiger charge is -2.35. The Labute approximate surface area is 164 Å². The van der Waals surface area contributed by atoms with Gasteiger partial charge in [-0.2, -0.15) is 0 Å². The Kier molecular flexibility index (Phi) is 13.8. The average Bonchev–Trinajstić information content (AvgIpc) is 2.62. The molecule has 1 heterocycles. The highest BCUT2D eigenvalue weighted by Gasteiger charge is 2.34. The Morgan fingerprint density at radius 3 is 1.85 bits per heavy atom. The standard InChI is InChI=1S/C21H40O6/c1-17-18(22)16-19(23)21(27-17)26-15-13-11-9-7-5-3-2-4-6-8-10-12-14-20(24)25/h17-19,21-23H,2-16H2,1H3,(H,24,25). The molecule has 0 spiro atoms. The van der Waals surface area contributed by atoms with Crippen molar-refractivity contribution in [1.82, 2.24) is 0 Å². The van der Waals surface area contributed by atoms with E-state index in [-0.39, 0.29) is 6.10 Å². The number of aliphatic hydroxyl groups excluding tert-OH is 2. The normalized spacial score (nSPS) is 25.6. The van der Waals surface area contributed by atoms with Crippen LogP contribution in [-0.4, -0.2) is 52.5 Å². The van der Waals surface area contributed by atoms with Crippen molar-refractivity contribution in [3.63, 3.8) is 0 Å². The van der Waals surface area contributed by atoms with Crippen LogP contribution in [0.3, 0.4) is 0 Å². The molecule has 0 aliphatic carbocycles. The number of carboxylic acid groups (broad SMARTS) is 1. The van der Waals surface area contributed by atoms with Gasteiger partial charge < -0.3 is 24.8 Å². The fourth-order valence-corrected chi connectivity index (χ4v) is 3.44. The Hall–Kier alpha value is -0.690. The molecule has 0 bridgehead atoms. The maximum atomic E-state index is 10.4. The van der Waals surface area contributed by atoms with Crippen LogP contribution in [0.25, 0.3) is 0 Å². The number of hydrogen-bond acceptors (Lipinski definition) is 5. The van der Waals surface area contributed by atoms with Gasteiger partial charge in [0.25, 0.3) is 0 Å². The SMILES string of the molecule is CC1OC(OCCCCCCCCCCCCCCC(=O)O)C(O)CC1O. The van der Waals surface area contributed by atoms with E-state index in [4.69, 9.17) is 14.6 Å². The van der Waals surface area contributed by atoms with Crippen molar-refractivity contribution in [2.24, 2.45) is 0 Å². The van der Waals surface area contributed by atoms with Crippen LogP contribution in [0.1, 0.15) is 96.8 Å². The minimum atomic E-state index is -0.742. The molecule has 6 nitrogen and oxygen atoms in total. The lowest BCUT2D eigenvalue weighted by molar-refractivity contribution is -0.261. The van der Waals surface area contributed by atoms with Crippen LogP contribution in [0.5, 0.6) is 0 Å². The number of aliphatic hydroxyl groups is 2. The summed E-state index contributed by atoms with van der Waals surface area (Å²) in [7, 11) is 0. The Balaban J connectivity index is 1.80. The molecule has 1 fully saturated rings. The van der Waals surface area contributed by atoms with Crippen molar-refractivity contribution in [1.29, 1.82) is 0 Å². The van der Waals surface area contributed by atoms with Crippen LogP contribution in [0.2, 0.25) is 0 Å². The van der Waals surface area contributed by atoms with Gasteiger partial charge in [-0.1, -0.05) is 64.2 Å². The van der Waals surface area contributed by atoms with E-state index in [1.165, 1.54) is 44.9 Å².